The van der Waals surface area contributed by atoms with Crippen LogP contribution in [0.5, 0.6) is 0 Å². The van der Waals surface area contributed by atoms with Gasteiger partial charge in [-0.2, -0.15) is 0 Å². The Morgan fingerprint density at radius 2 is 1.94 bits per heavy atom. The first-order valence-electron chi connectivity index (χ1n) is 6.01. The topological polar surface area (TPSA) is 55.6 Å². The number of carbonyl (C=O) groups is 1. The van der Waals surface area contributed by atoms with Gasteiger partial charge in [0.1, 0.15) is 5.60 Å². The van der Waals surface area contributed by atoms with Crippen LogP contribution in [0.4, 0.5) is 4.79 Å². The van der Waals surface area contributed by atoms with E-state index >= 15 is 0 Å². The summed E-state index contributed by atoms with van der Waals surface area (Å²) >= 11 is 0. The molecule has 2 N–H and O–H groups in total. The number of rotatable bonds is 0. The van der Waals surface area contributed by atoms with Crippen molar-refractivity contribution in [1.82, 2.24) is 4.90 Å². The zero-order chi connectivity index (χ0) is 12.3. The molecule has 0 aromatic rings. The number of likely N-dealkylation sites (tertiary alicyclic amines) is 1. The van der Waals surface area contributed by atoms with E-state index in [9.17, 15) is 4.79 Å². The summed E-state index contributed by atoms with van der Waals surface area (Å²) < 4.78 is 5.36. The van der Waals surface area contributed by atoms with Gasteiger partial charge in [0, 0.05) is 19.1 Å². The van der Waals surface area contributed by atoms with Crippen LogP contribution in [0.25, 0.3) is 0 Å². The molecule has 1 saturated heterocycles. The largest absolute Gasteiger partial charge is 0.444 e. The molecule has 1 aliphatic heterocycles. The zero-order valence-electron chi connectivity index (χ0n) is 10.8. The molecule has 0 saturated carbocycles. The van der Waals surface area contributed by atoms with Crippen molar-refractivity contribution in [3.63, 3.8) is 0 Å². The van der Waals surface area contributed by atoms with Gasteiger partial charge in [-0.05, 0) is 39.5 Å². The molecule has 4 nitrogen and oxygen atoms in total. The van der Waals surface area contributed by atoms with Crippen molar-refractivity contribution in [2.75, 3.05) is 13.1 Å². The van der Waals surface area contributed by atoms with E-state index in [0.29, 0.717) is 12.5 Å². The van der Waals surface area contributed by atoms with Crippen LogP contribution in [0.2, 0.25) is 0 Å². The van der Waals surface area contributed by atoms with Crippen LogP contribution in [0.1, 0.15) is 40.5 Å². The molecule has 0 aromatic carbocycles. The number of ether oxygens (including phenoxy) is 1. The third-order valence-electron chi connectivity index (χ3n) is 2.67. The van der Waals surface area contributed by atoms with E-state index in [4.69, 9.17) is 10.5 Å². The Bertz CT molecular complexity index is 236. The van der Waals surface area contributed by atoms with Crippen LogP contribution in [0, 0.1) is 5.92 Å². The highest BCUT2D eigenvalue weighted by molar-refractivity contribution is 5.68. The van der Waals surface area contributed by atoms with Gasteiger partial charge in [0.15, 0.2) is 0 Å². The van der Waals surface area contributed by atoms with Crippen molar-refractivity contribution in [2.24, 2.45) is 11.7 Å². The zero-order valence-corrected chi connectivity index (χ0v) is 10.8. The van der Waals surface area contributed by atoms with Gasteiger partial charge in [-0.1, -0.05) is 6.92 Å². The minimum absolute atomic E-state index is 0.0810. The fraction of sp³-hybridized carbons (Fsp3) is 0.917. The smallest absolute Gasteiger partial charge is 0.410 e. The Labute approximate surface area is 98.1 Å². The molecule has 0 aliphatic carbocycles. The first kappa shape index (κ1) is 13.3. The van der Waals surface area contributed by atoms with Crippen LogP contribution in [0.3, 0.4) is 0 Å². The number of carbonyl (C=O) groups excluding carboxylic acids is 1. The lowest BCUT2D eigenvalue weighted by atomic mass is 10.0. The molecular formula is C12H24N2O2. The summed E-state index contributed by atoms with van der Waals surface area (Å²) in [5.41, 5.74) is 5.51. The Balaban J connectivity index is 2.59. The molecule has 94 valence electrons. The van der Waals surface area contributed by atoms with Crippen LogP contribution < -0.4 is 5.73 Å². The van der Waals surface area contributed by atoms with Crippen molar-refractivity contribution in [3.05, 3.63) is 0 Å². The fourth-order valence-electron chi connectivity index (χ4n) is 1.89. The number of nitrogens with two attached hydrogens (primary N) is 1. The monoisotopic (exact) mass is 228 g/mol. The second-order valence-corrected chi connectivity index (χ2v) is 5.83. The van der Waals surface area contributed by atoms with Crippen LogP contribution in [0.15, 0.2) is 0 Å². The van der Waals surface area contributed by atoms with E-state index in [1.54, 1.807) is 4.90 Å². The SMILES string of the molecule is CC1CCC(N)CN(C(=O)OC(C)(C)C)C1. The number of amides is 1. The number of nitrogens with zero attached hydrogens (tertiary/aromatic N) is 1. The summed E-state index contributed by atoms with van der Waals surface area (Å²) in [4.78, 5) is 13.6. The summed E-state index contributed by atoms with van der Waals surface area (Å²) in [6.45, 7) is 9.15. The maximum Gasteiger partial charge on any atom is 0.410 e. The van der Waals surface area contributed by atoms with E-state index in [1.165, 1.54) is 0 Å². The first-order chi connectivity index (χ1) is 7.28. The highest BCUT2D eigenvalue weighted by Crippen LogP contribution is 2.18. The third-order valence-corrected chi connectivity index (χ3v) is 2.67. The summed E-state index contributed by atoms with van der Waals surface area (Å²) in [6.07, 6.45) is 1.83. The highest BCUT2D eigenvalue weighted by atomic mass is 16.6. The lowest BCUT2D eigenvalue weighted by molar-refractivity contribution is 0.0231. The molecule has 2 atom stereocenters. The van der Waals surface area contributed by atoms with Crippen LogP contribution >= 0.6 is 0 Å². The van der Waals surface area contributed by atoms with Gasteiger partial charge in [0.05, 0.1) is 0 Å². The van der Waals surface area contributed by atoms with Crippen molar-refractivity contribution < 1.29 is 9.53 Å². The molecule has 0 spiro atoms. The lowest BCUT2D eigenvalue weighted by Crippen LogP contribution is -2.43. The van der Waals surface area contributed by atoms with Gasteiger partial charge < -0.3 is 15.4 Å². The highest BCUT2D eigenvalue weighted by Gasteiger charge is 2.27. The maximum atomic E-state index is 11.9. The molecule has 1 rings (SSSR count). The van der Waals surface area contributed by atoms with Crippen molar-refractivity contribution in [3.8, 4) is 0 Å². The van der Waals surface area contributed by atoms with Crippen molar-refractivity contribution >= 4 is 6.09 Å². The molecule has 2 unspecified atom stereocenters. The van der Waals surface area contributed by atoms with Crippen LogP contribution in [-0.2, 0) is 4.74 Å². The molecule has 1 amide bonds. The van der Waals surface area contributed by atoms with E-state index in [2.05, 4.69) is 6.92 Å². The molecule has 1 fully saturated rings. The van der Waals surface area contributed by atoms with E-state index < -0.39 is 5.60 Å². The van der Waals surface area contributed by atoms with Gasteiger partial charge >= 0.3 is 6.09 Å². The maximum absolute atomic E-state index is 11.9. The predicted molar refractivity (Wildman–Crippen MR) is 64.2 cm³/mol. The standard InChI is InChI=1S/C12H24N2O2/c1-9-5-6-10(13)8-14(7-9)11(15)16-12(2,3)4/h9-10H,5-8,13H2,1-4H3. The summed E-state index contributed by atoms with van der Waals surface area (Å²) in [7, 11) is 0. The van der Waals surface area contributed by atoms with Gasteiger partial charge in [-0.3, -0.25) is 0 Å². The molecule has 16 heavy (non-hydrogen) atoms. The third kappa shape index (κ3) is 4.39. The Kier molecular flexibility index (Phi) is 4.19. The van der Waals surface area contributed by atoms with Gasteiger partial charge in [-0.25, -0.2) is 4.79 Å². The van der Waals surface area contributed by atoms with Gasteiger partial charge in [0.25, 0.3) is 0 Å². The Hall–Kier alpha value is -0.770. The molecule has 4 heteroatoms. The first-order valence-corrected chi connectivity index (χ1v) is 6.01. The molecule has 0 bridgehead atoms. The quantitative estimate of drug-likeness (QED) is 0.689. The second kappa shape index (κ2) is 5.04. The average molecular weight is 228 g/mol. The minimum Gasteiger partial charge on any atom is -0.444 e. The molecule has 1 heterocycles. The van der Waals surface area contributed by atoms with E-state index in [0.717, 1.165) is 19.4 Å². The fourth-order valence-corrected chi connectivity index (χ4v) is 1.89. The number of hydrogen-bond donors (Lipinski definition) is 1. The van der Waals surface area contributed by atoms with E-state index in [1.807, 2.05) is 20.8 Å². The average Bonchev–Trinajstić information content (AvgIpc) is 2.25. The molecule has 0 aromatic heterocycles. The second-order valence-electron chi connectivity index (χ2n) is 5.83. The van der Waals surface area contributed by atoms with Crippen LogP contribution in [-0.4, -0.2) is 35.7 Å². The number of hydrogen-bond acceptors (Lipinski definition) is 3. The predicted octanol–water partition coefficient (Wildman–Crippen LogP) is 1.98. The molecular weight excluding hydrogens is 204 g/mol. The minimum atomic E-state index is -0.434. The lowest BCUT2D eigenvalue weighted by Gasteiger charge is -2.28. The normalized spacial score (nSPS) is 27.4. The van der Waals surface area contributed by atoms with E-state index in [-0.39, 0.29) is 12.1 Å². The van der Waals surface area contributed by atoms with Gasteiger partial charge in [0.2, 0.25) is 0 Å². The Morgan fingerprint density at radius 3 is 2.50 bits per heavy atom. The van der Waals surface area contributed by atoms with Crippen molar-refractivity contribution in [2.45, 2.75) is 52.2 Å². The molecule has 0 radical (unpaired) electrons. The summed E-state index contributed by atoms with van der Waals surface area (Å²) in [6, 6.07) is 0.0810. The molecule has 1 aliphatic rings. The van der Waals surface area contributed by atoms with Gasteiger partial charge in [-0.15, -0.1) is 0 Å². The Morgan fingerprint density at radius 1 is 1.31 bits per heavy atom. The van der Waals surface area contributed by atoms with Crippen molar-refractivity contribution in [1.29, 1.82) is 0 Å². The summed E-state index contributed by atoms with van der Waals surface area (Å²) in [5.74, 6) is 0.501. The summed E-state index contributed by atoms with van der Waals surface area (Å²) in [5, 5.41) is 0.